The first-order chi connectivity index (χ1) is 15.2. The van der Waals surface area contributed by atoms with E-state index in [1.165, 1.54) is 23.5 Å². The minimum absolute atomic E-state index is 0.183. The van der Waals surface area contributed by atoms with E-state index in [-0.39, 0.29) is 11.6 Å². The highest BCUT2D eigenvalue weighted by atomic mass is 16.1. The van der Waals surface area contributed by atoms with Crippen molar-refractivity contribution in [2.24, 2.45) is 0 Å². The number of fused-ring (bicyclic) bond motifs is 3. The lowest BCUT2D eigenvalue weighted by atomic mass is 9.88. The van der Waals surface area contributed by atoms with Crippen LogP contribution in [0.4, 0.5) is 5.82 Å². The van der Waals surface area contributed by atoms with Gasteiger partial charge < -0.3 is 10.7 Å². The molecule has 4 heterocycles. The van der Waals surface area contributed by atoms with Crippen LogP contribution in [-0.4, -0.2) is 29.7 Å². The van der Waals surface area contributed by atoms with E-state index in [4.69, 9.17) is 10.8 Å². The van der Waals surface area contributed by atoms with Crippen molar-refractivity contribution in [3.63, 3.8) is 0 Å². The quantitative estimate of drug-likeness (QED) is 0.463. The zero-order chi connectivity index (χ0) is 20.9. The van der Waals surface area contributed by atoms with E-state index >= 15 is 0 Å². The van der Waals surface area contributed by atoms with E-state index in [1.54, 1.807) is 12.3 Å². The average molecular weight is 409 g/mol. The lowest BCUT2D eigenvalue weighted by Crippen LogP contribution is -2.20. The molecule has 0 bridgehead atoms. The molecular weight excluding hydrogens is 390 g/mol. The number of rotatable bonds is 2. The first-order valence-electron chi connectivity index (χ1n) is 10.2. The maximum Gasteiger partial charge on any atom is 0.249 e. The lowest BCUT2D eigenvalue weighted by Gasteiger charge is -2.25. The number of aromatic amines is 1. The molecule has 152 valence electrons. The summed E-state index contributed by atoms with van der Waals surface area (Å²) in [5.74, 6) is 0.393. The van der Waals surface area contributed by atoms with Gasteiger partial charge >= 0.3 is 0 Å². The second-order valence-corrected chi connectivity index (χ2v) is 7.90. The molecule has 31 heavy (non-hydrogen) atoms. The number of benzene rings is 1. The molecule has 0 saturated carbocycles. The number of pyridine rings is 2. The fraction of sp³-hybridized carbons (Fsp3) is 0.174. The molecule has 1 aliphatic carbocycles. The minimum Gasteiger partial charge on any atom is -0.383 e. The first kappa shape index (κ1) is 17.8. The molecule has 1 unspecified atom stereocenters. The number of nitrogen functional groups attached to an aromatic ring is 1. The van der Waals surface area contributed by atoms with E-state index in [0.717, 1.165) is 41.2 Å². The van der Waals surface area contributed by atoms with E-state index in [9.17, 15) is 4.79 Å². The van der Waals surface area contributed by atoms with Crippen molar-refractivity contribution in [2.45, 2.75) is 25.3 Å². The van der Waals surface area contributed by atoms with E-state index in [2.05, 4.69) is 44.2 Å². The topological polar surface area (TPSA) is 115 Å². The molecule has 0 spiro atoms. The summed E-state index contributed by atoms with van der Waals surface area (Å²) < 4.78 is 2.00. The standard InChI is InChI=1S/C23H19N7O/c24-21-19-20(16-9-15-6-8-18(31)28-22(15)25-11-16)29-30(23(19)27-12-26-21)17-7-5-13-3-1-2-4-14(13)10-17/h1-4,6,8-9,11-12,17H,5,7,10H2,(H2,24,26,27)(H,25,28,31). The summed E-state index contributed by atoms with van der Waals surface area (Å²) >= 11 is 0. The van der Waals surface area contributed by atoms with Gasteiger partial charge in [0.2, 0.25) is 5.56 Å². The van der Waals surface area contributed by atoms with Gasteiger partial charge in [0, 0.05) is 23.2 Å². The lowest BCUT2D eigenvalue weighted by molar-refractivity contribution is 0.415. The highest BCUT2D eigenvalue weighted by Gasteiger charge is 2.25. The molecule has 0 aliphatic heterocycles. The number of nitrogens with two attached hydrogens (primary N) is 1. The van der Waals surface area contributed by atoms with Crippen molar-refractivity contribution < 1.29 is 0 Å². The number of hydrogen-bond donors (Lipinski definition) is 2. The maximum absolute atomic E-state index is 11.6. The SMILES string of the molecule is Nc1ncnc2c1c(-c1cnc3[nH]c(=O)ccc3c1)nn2C1CCc2ccccc2C1. The Balaban J connectivity index is 1.52. The van der Waals surface area contributed by atoms with E-state index in [0.29, 0.717) is 17.2 Å². The Morgan fingerprint density at radius 2 is 1.94 bits per heavy atom. The summed E-state index contributed by atoms with van der Waals surface area (Å²) in [7, 11) is 0. The van der Waals surface area contributed by atoms with Gasteiger partial charge in [-0.2, -0.15) is 5.10 Å². The van der Waals surface area contributed by atoms with Crippen molar-refractivity contribution in [1.29, 1.82) is 0 Å². The molecule has 0 amide bonds. The number of aryl methyl sites for hydroxylation is 1. The summed E-state index contributed by atoms with van der Waals surface area (Å²) in [6, 6.07) is 13.9. The van der Waals surface area contributed by atoms with Crippen LogP contribution in [0.2, 0.25) is 0 Å². The molecule has 4 aromatic heterocycles. The molecule has 0 fully saturated rings. The van der Waals surface area contributed by atoms with Gasteiger partial charge in [0.05, 0.1) is 11.4 Å². The van der Waals surface area contributed by atoms with Crippen LogP contribution in [0.25, 0.3) is 33.3 Å². The van der Waals surface area contributed by atoms with Crippen LogP contribution in [-0.2, 0) is 12.8 Å². The van der Waals surface area contributed by atoms with Gasteiger partial charge in [-0.05, 0) is 42.5 Å². The molecule has 1 aliphatic rings. The van der Waals surface area contributed by atoms with Crippen LogP contribution in [0.3, 0.4) is 0 Å². The minimum atomic E-state index is -0.183. The molecule has 1 aromatic carbocycles. The Bertz CT molecular complexity index is 1520. The predicted molar refractivity (Wildman–Crippen MR) is 119 cm³/mol. The van der Waals surface area contributed by atoms with Gasteiger partial charge in [0.15, 0.2) is 5.65 Å². The van der Waals surface area contributed by atoms with Gasteiger partial charge in [-0.25, -0.2) is 19.6 Å². The summed E-state index contributed by atoms with van der Waals surface area (Å²) in [5, 5.41) is 6.51. The van der Waals surface area contributed by atoms with Crippen molar-refractivity contribution in [2.75, 3.05) is 5.73 Å². The second-order valence-electron chi connectivity index (χ2n) is 7.90. The fourth-order valence-corrected chi connectivity index (χ4v) is 4.51. The molecule has 0 radical (unpaired) electrons. The molecule has 5 aromatic rings. The Kier molecular flexibility index (Phi) is 3.86. The fourth-order valence-electron chi connectivity index (χ4n) is 4.51. The second kappa shape index (κ2) is 6.73. The normalized spacial score (nSPS) is 15.9. The Morgan fingerprint density at radius 3 is 2.84 bits per heavy atom. The van der Waals surface area contributed by atoms with Gasteiger partial charge in [0.1, 0.15) is 23.5 Å². The van der Waals surface area contributed by atoms with Gasteiger partial charge in [-0.1, -0.05) is 24.3 Å². The molecule has 3 N–H and O–H groups in total. The molecular formula is C23H19N7O. The summed E-state index contributed by atoms with van der Waals surface area (Å²) in [5.41, 5.74) is 11.6. The van der Waals surface area contributed by atoms with Crippen LogP contribution in [0.5, 0.6) is 0 Å². The number of aromatic nitrogens is 6. The van der Waals surface area contributed by atoms with Gasteiger partial charge in [0.25, 0.3) is 0 Å². The zero-order valence-electron chi connectivity index (χ0n) is 16.6. The largest absolute Gasteiger partial charge is 0.383 e. The van der Waals surface area contributed by atoms with E-state index in [1.807, 2.05) is 10.7 Å². The van der Waals surface area contributed by atoms with Crippen LogP contribution >= 0.6 is 0 Å². The van der Waals surface area contributed by atoms with Crippen molar-refractivity contribution in [3.05, 3.63) is 76.5 Å². The molecule has 6 rings (SSSR count). The third-order valence-electron chi connectivity index (χ3n) is 6.03. The maximum atomic E-state index is 11.6. The molecule has 0 saturated heterocycles. The number of H-pyrrole nitrogens is 1. The van der Waals surface area contributed by atoms with Gasteiger partial charge in [-0.15, -0.1) is 0 Å². The first-order valence-corrected chi connectivity index (χ1v) is 10.2. The Labute approximate surface area is 176 Å². The third-order valence-corrected chi connectivity index (χ3v) is 6.03. The van der Waals surface area contributed by atoms with E-state index < -0.39 is 0 Å². The predicted octanol–water partition coefficient (Wildman–Crippen LogP) is 3.04. The molecule has 8 heteroatoms. The number of hydrogen-bond acceptors (Lipinski definition) is 6. The van der Waals surface area contributed by atoms with Crippen molar-refractivity contribution in [1.82, 2.24) is 29.7 Å². The number of nitrogens with one attached hydrogen (secondary N) is 1. The number of anilines is 1. The van der Waals surface area contributed by atoms with Gasteiger partial charge in [-0.3, -0.25) is 4.79 Å². The van der Waals surface area contributed by atoms with Crippen molar-refractivity contribution >= 4 is 27.9 Å². The number of nitrogens with zero attached hydrogens (tertiary/aromatic N) is 5. The summed E-state index contributed by atoms with van der Waals surface area (Å²) in [6.45, 7) is 0. The summed E-state index contributed by atoms with van der Waals surface area (Å²) in [4.78, 5) is 27.5. The van der Waals surface area contributed by atoms with Crippen molar-refractivity contribution in [3.8, 4) is 11.3 Å². The molecule has 8 nitrogen and oxygen atoms in total. The van der Waals surface area contributed by atoms with Crippen LogP contribution in [0.1, 0.15) is 23.6 Å². The zero-order valence-corrected chi connectivity index (χ0v) is 16.6. The average Bonchev–Trinajstić information content (AvgIpc) is 3.19. The van der Waals surface area contributed by atoms with Crippen LogP contribution in [0.15, 0.2) is 59.8 Å². The Hall–Kier alpha value is -4.07. The third kappa shape index (κ3) is 2.87. The highest BCUT2D eigenvalue weighted by molar-refractivity contribution is 5.99. The Morgan fingerprint density at radius 1 is 1.06 bits per heavy atom. The van der Waals surface area contributed by atoms with Crippen LogP contribution < -0.4 is 11.3 Å². The smallest absolute Gasteiger partial charge is 0.249 e. The van der Waals surface area contributed by atoms with Crippen LogP contribution in [0, 0.1) is 0 Å². The molecule has 1 atom stereocenters. The highest BCUT2D eigenvalue weighted by Crippen LogP contribution is 2.35. The summed E-state index contributed by atoms with van der Waals surface area (Å²) in [6.07, 6.45) is 6.07. The monoisotopic (exact) mass is 409 g/mol.